The summed E-state index contributed by atoms with van der Waals surface area (Å²) in [4.78, 5) is 4.17. The molecule has 0 unspecified atom stereocenters. The van der Waals surface area contributed by atoms with Gasteiger partial charge in [-0.25, -0.2) is 0 Å². The number of fused-ring (bicyclic) bond motifs is 1. The smallest absolute Gasteiger partial charge is 0.0346 e. The maximum Gasteiger partial charge on any atom is 0.0346 e. The number of nitrogens with zero attached hydrogens (tertiary/aromatic N) is 1. The van der Waals surface area contributed by atoms with Crippen molar-refractivity contribution in [2.24, 2.45) is 5.92 Å². The first kappa shape index (κ1) is 9.79. The van der Waals surface area contributed by atoms with Crippen LogP contribution in [0.15, 0.2) is 36.7 Å². The Morgan fingerprint density at radius 3 is 3.19 bits per heavy atom. The quantitative estimate of drug-likeness (QED) is 0.826. The lowest BCUT2D eigenvalue weighted by atomic mass is 9.95. The molecule has 0 spiro atoms. The Morgan fingerprint density at radius 2 is 2.31 bits per heavy atom. The van der Waals surface area contributed by atoms with E-state index < -0.39 is 0 Å². The lowest BCUT2D eigenvalue weighted by Crippen LogP contribution is -2.10. The number of hydrogen-bond acceptors (Lipinski definition) is 2. The largest absolute Gasteiger partial charge is 0.316 e. The van der Waals surface area contributed by atoms with Crippen molar-refractivity contribution < 1.29 is 0 Å². The maximum atomic E-state index is 4.17. The number of benzene rings is 1. The fourth-order valence-electron chi connectivity index (χ4n) is 2.57. The molecule has 0 saturated carbocycles. The Labute approximate surface area is 95.7 Å². The number of nitrogens with one attached hydrogen (secondary N) is 1. The van der Waals surface area contributed by atoms with Crippen molar-refractivity contribution in [2.75, 3.05) is 13.1 Å². The van der Waals surface area contributed by atoms with Crippen molar-refractivity contribution in [2.45, 2.75) is 12.8 Å². The van der Waals surface area contributed by atoms with E-state index in [4.69, 9.17) is 0 Å². The van der Waals surface area contributed by atoms with Gasteiger partial charge in [0.25, 0.3) is 0 Å². The predicted molar refractivity (Wildman–Crippen MR) is 66.4 cm³/mol. The van der Waals surface area contributed by atoms with E-state index >= 15 is 0 Å². The van der Waals surface area contributed by atoms with Crippen molar-refractivity contribution in [3.05, 3.63) is 42.2 Å². The summed E-state index contributed by atoms with van der Waals surface area (Å²) in [5, 5.41) is 6.05. The molecule has 1 aromatic heterocycles. The highest BCUT2D eigenvalue weighted by molar-refractivity contribution is 5.84. The van der Waals surface area contributed by atoms with Crippen LogP contribution in [-0.4, -0.2) is 18.1 Å². The van der Waals surface area contributed by atoms with Crippen LogP contribution in [0, 0.1) is 5.92 Å². The molecular weight excluding hydrogens is 196 g/mol. The highest BCUT2D eigenvalue weighted by atomic mass is 14.9. The first-order valence-electron chi connectivity index (χ1n) is 5.96. The number of pyridine rings is 1. The predicted octanol–water partition coefficient (Wildman–Crippen LogP) is 2.39. The molecule has 0 amide bonds. The Kier molecular flexibility index (Phi) is 2.58. The lowest BCUT2D eigenvalue weighted by molar-refractivity contribution is 0.582. The first-order valence-corrected chi connectivity index (χ1v) is 5.96. The molecule has 16 heavy (non-hydrogen) atoms. The average molecular weight is 212 g/mol. The number of hydrogen-bond donors (Lipinski definition) is 1. The molecule has 2 heterocycles. The van der Waals surface area contributed by atoms with Gasteiger partial charge in [-0.2, -0.15) is 0 Å². The molecule has 1 aliphatic heterocycles. The molecule has 1 fully saturated rings. The summed E-state index contributed by atoms with van der Waals surface area (Å²) in [6, 6.07) is 8.66. The lowest BCUT2D eigenvalue weighted by Gasteiger charge is -2.10. The maximum absolute atomic E-state index is 4.17. The van der Waals surface area contributed by atoms with Crippen molar-refractivity contribution in [3.63, 3.8) is 0 Å². The summed E-state index contributed by atoms with van der Waals surface area (Å²) in [6.45, 7) is 2.35. The van der Waals surface area contributed by atoms with E-state index in [-0.39, 0.29) is 0 Å². The molecule has 2 heteroatoms. The van der Waals surface area contributed by atoms with Gasteiger partial charge >= 0.3 is 0 Å². The topological polar surface area (TPSA) is 24.9 Å². The third-order valence-electron chi connectivity index (χ3n) is 3.44. The first-order chi connectivity index (χ1) is 7.93. The van der Waals surface area contributed by atoms with E-state index in [0.29, 0.717) is 0 Å². The summed E-state index contributed by atoms with van der Waals surface area (Å²) < 4.78 is 0. The van der Waals surface area contributed by atoms with E-state index in [1.807, 2.05) is 12.4 Å². The van der Waals surface area contributed by atoms with Gasteiger partial charge in [-0.15, -0.1) is 0 Å². The van der Waals surface area contributed by atoms with Crippen molar-refractivity contribution in [1.29, 1.82) is 0 Å². The van der Waals surface area contributed by atoms with Crippen molar-refractivity contribution >= 4 is 10.8 Å². The molecule has 1 N–H and O–H groups in total. The minimum atomic E-state index is 0.804. The standard InChI is InChI=1S/C14H16N2/c1-2-12(8-11-4-6-15-9-11)14-5-7-16-10-13(14)3-1/h1-3,5,7,10-11,15H,4,6,8-9H2/t11-/m1/s1. The van der Waals surface area contributed by atoms with E-state index in [1.165, 1.54) is 42.3 Å². The monoisotopic (exact) mass is 212 g/mol. The number of aromatic nitrogens is 1. The minimum Gasteiger partial charge on any atom is -0.316 e. The zero-order valence-electron chi connectivity index (χ0n) is 9.32. The minimum absolute atomic E-state index is 0.804. The molecule has 3 rings (SSSR count). The van der Waals surface area contributed by atoms with Crippen LogP contribution in [-0.2, 0) is 6.42 Å². The Bertz CT molecular complexity index is 482. The second-order valence-corrected chi connectivity index (χ2v) is 4.58. The molecule has 0 bridgehead atoms. The van der Waals surface area contributed by atoms with E-state index in [1.54, 1.807) is 0 Å². The summed E-state index contributed by atoms with van der Waals surface area (Å²) >= 11 is 0. The second-order valence-electron chi connectivity index (χ2n) is 4.58. The van der Waals surface area contributed by atoms with Crippen LogP contribution < -0.4 is 5.32 Å². The molecule has 1 saturated heterocycles. The second kappa shape index (κ2) is 4.22. The van der Waals surface area contributed by atoms with Crippen LogP contribution in [0.3, 0.4) is 0 Å². The van der Waals surface area contributed by atoms with Gasteiger partial charge in [-0.05, 0) is 48.9 Å². The molecular formula is C14H16N2. The molecule has 1 aliphatic rings. The Balaban J connectivity index is 1.96. The van der Waals surface area contributed by atoms with Crippen LogP contribution >= 0.6 is 0 Å². The molecule has 0 radical (unpaired) electrons. The zero-order valence-corrected chi connectivity index (χ0v) is 9.32. The Hall–Kier alpha value is -1.41. The highest BCUT2D eigenvalue weighted by Crippen LogP contribution is 2.22. The van der Waals surface area contributed by atoms with Gasteiger partial charge in [0.2, 0.25) is 0 Å². The van der Waals surface area contributed by atoms with Crippen molar-refractivity contribution in [3.8, 4) is 0 Å². The average Bonchev–Trinajstić information content (AvgIpc) is 2.82. The molecule has 82 valence electrons. The highest BCUT2D eigenvalue weighted by Gasteiger charge is 2.15. The summed E-state index contributed by atoms with van der Waals surface area (Å²) in [5.74, 6) is 0.804. The van der Waals surface area contributed by atoms with Gasteiger partial charge < -0.3 is 5.32 Å². The van der Waals surface area contributed by atoms with Crippen LogP contribution in [0.5, 0.6) is 0 Å². The fourth-order valence-corrected chi connectivity index (χ4v) is 2.57. The van der Waals surface area contributed by atoms with Crippen LogP contribution in [0.25, 0.3) is 10.8 Å². The van der Waals surface area contributed by atoms with E-state index in [9.17, 15) is 0 Å². The van der Waals surface area contributed by atoms with Gasteiger partial charge in [-0.3, -0.25) is 4.98 Å². The van der Waals surface area contributed by atoms with Gasteiger partial charge in [-0.1, -0.05) is 18.2 Å². The van der Waals surface area contributed by atoms with Crippen molar-refractivity contribution in [1.82, 2.24) is 10.3 Å². The third-order valence-corrected chi connectivity index (χ3v) is 3.44. The van der Waals surface area contributed by atoms with Gasteiger partial charge in [0.1, 0.15) is 0 Å². The summed E-state index contributed by atoms with van der Waals surface area (Å²) in [5.41, 5.74) is 1.47. The molecule has 0 aliphatic carbocycles. The molecule has 1 aromatic carbocycles. The molecule has 1 atom stereocenters. The summed E-state index contributed by atoms with van der Waals surface area (Å²) in [6.07, 6.45) is 6.33. The molecule has 2 nitrogen and oxygen atoms in total. The van der Waals surface area contributed by atoms with Gasteiger partial charge in [0.15, 0.2) is 0 Å². The van der Waals surface area contributed by atoms with Crippen LogP contribution in [0.1, 0.15) is 12.0 Å². The fraction of sp³-hybridized carbons (Fsp3) is 0.357. The van der Waals surface area contributed by atoms with Crippen LogP contribution in [0.2, 0.25) is 0 Å². The zero-order chi connectivity index (χ0) is 10.8. The normalized spacial score (nSPS) is 20.4. The van der Waals surface area contributed by atoms with E-state index in [2.05, 4.69) is 34.6 Å². The van der Waals surface area contributed by atoms with E-state index in [0.717, 1.165) is 5.92 Å². The molecule has 2 aromatic rings. The van der Waals surface area contributed by atoms with Gasteiger partial charge in [0, 0.05) is 17.8 Å². The van der Waals surface area contributed by atoms with Gasteiger partial charge in [0.05, 0.1) is 0 Å². The Morgan fingerprint density at radius 1 is 1.31 bits per heavy atom. The summed E-state index contributed by atoms with van der Waals surface area (Å²) in [7, 11) is 0. The SMILES string of the molecule is c1cc(C[C@H]2CCNC2)c2ccncc2c1. The third kappa shape index (κ3) is 1.81. The van der Waals surface area contributed by atoms with Crippen LogP contribution in [0.4, 0.5) is 0 Å². The number of rotatable bonds is 2.